The Labute approximate surface area is 111 Å². The molecule has 0 aromatic carbocycles. The molecule has 1 saturated carbocycles. The summed E-state index contributed by atoms with van der Waals surface area (Å²) in [6.45, 7) is 0.556. The average molecular weight is 265 g/mol. The molecular formula is C12H19N5O2. The third kappa shape index (κ3) is 2.69. The Morgan fingerprint density at radius 2 is 2.42 bits per heavy atom. The van der Waals surface area contributed by atoms with Crippen LogP contribution in [0.25, 0.3) is 0 Å². The molecule has 7 nitrogen and oxygen atoms in total. The van der Waals surface area contributed by atoms with Gasteiger partial charge in [0, 0.05) is 25.4 Å². The van der Waals surface area contributed by atoms with Gasteiger partial charge in [-0.15, -0.1) is 0 Å². The van der Waals surface area contributed by atoms with E-state index in [9.17, 15) is 4.79 Å². The van der Waals surface area contributed by atoms with E-state index in [2.05, 4.69) is 20.4 Å². The molecule has 0 atom stereocenters. The van der Waals surface area contributed by atoms with Crippen molar-refractivity contribution in [3.05, 3.63) is 18.2 Å². The van der Waals surface area contributed by atoms with Crippen molar-refractivity contribution in [2.75, 3.05) is 6.54 Å². The standard InChI is InChI=1S/C12H19N5O2/c13-10(17-19)12(4-2-5-12)11(18)16-6-1-3-9-14-7-8-15-9/h7-8,19H,1-6H2,(H2,13,17)(H,14,15)(H,16,18). The summed E-state index contributed by atoms with van der Waals surface area (Å²) in [5, 5.41) is 14.6. The Hall–Kier alpha value is -2.05. The first-order chi connectivity index (χ1) is 9.19. The van der Waals surface area contributed by atoms with Crippen LogP contribution in [0.3, 0.4) is 0 Å². The molecule has 1 fully saturated rings. The zero-order valence-electron chi connectivity index (χ0n) is 10.7. The monoisotopic (exact) mass is 265 g/mol. The van der Waals surface area contributed by atoms with Gasteiger partial charge >= 0.3 is 0 Å². The van der Waals surface area contributed by atoms with E-state index in [1.54, 1.807) is 12.4 Å². The molecule has 0 radical (unpaired) electrons. The molecule has 1 heterocycles. The smallest absolute Gasteiger partial charge is 0.233 e. The molecule has 1 aromatic rings. The number of hydrogen-bond donors (Lipinski definition) is 4. The molecule has 1 amide bonds. The lowest BCUT2D eigenvalue weighted by molar-refractivity contribution is -0.131. The molecule has 5 N–H and O–H groups in total. The number of rotatable bonds is 6. The van der Waals surface area contributed by atoms with E-state index < -0.39 is 5.41 Å². The molecule has 1 aliphatic carbocycles. The Morgan fingerprint density at radius 1 is 1.63 bits per heavy atom. The third-order valence-electron chi connectivity index (χ3n) is 3.67. The number of nitrogens with zero attached hydrogens (tertiary/aromatic N) is 2. The van der Waals surface area contributed by atoms with Gasteiger partial charge in [-0.1, -0.05) is 11.6 Å². The molecule has 0 aliphatic heterocycles. The van der Waals surface area contributed by atoms with Gasteiger partial charge in [-0.25, -0.2) is 4.98 Å². The SMILES string of the molecule is N/C(=N/O)C1(C(=O)NCCCc2ncc[nH]2)CCC1. The number of carbonyl (C=O) groups is 1. The van der Waals surface area contributed by atoms with E-state index in [1.165, 1.54) is 0 Å². The zero-order valence-corrected chi connectivity index (χ0v) is 10.7. The lowest BCUT2D eigenvalue weighted by Crippen LogP contribution is -2.54. The lowest BCUT2D eigenvalue weighted by Gasteiger charge is -2.38. The van der Waals surface area contributed by atoms with Gasteiger partial charge in [0.15, 0.2) is 5.84 Å². The molecule has 0 bridgehead atoms. The van der Waals surface area contributed by atoms with E-state index in [0.717, 1.165) is 25.1 Å². The molecule has 0 unspecified atom stereocenters. The number of amides is 1. The molecule has 1 aliphatic rings. The number of nitrogens with one attached hydrogen (secondary N) is 2. The van der Waals surface area contributed by atoms with Crippen LogP contribution in [-0.2, 0) is 11.2 Å². The molecule has 104 valence electrons. The summed E-state index contributed by atoms with van der Waals surface area (Å²) in [7, 11) is 0. The van der Waals surface area contributed by atoms with Crippen molar-refractivity contribution in [3.8, 4) is 0 Å². The van der Waals surface area contributed by atoms with Crippen molar-refractivity contribution in [3.63, 3.8) is 0 Å². The maximum absolute atomic E-state index is 12.1. The summed E-state index contributed by atoms with van der Waals surface area (Å²) >= 11 is 0. The fraction of sp³-hybridized carbons (Fsp3) is 0.583. The lowest BCUT2D eigenvalue weighted by atomic mass is 9.67. The van der Waals surface area contributed by atoms with Crippen molar-refractivity contribution in [1.82, 2.24) is 15.3 Å². The van der Waals surface area contributed by atoms with Gasteiger partial charge in [0.1, 0.15) is 11.2 Å². The number of nitrogens with two attached hydrogens (primary N) is 1. The highest BCUT2D eigenvalue weighted by Crippen LogP contribution is 2.41. The second-order valence-electron chi connectivity index (χ2n) is 4.82. The second kappa shape index (κ2) is 5.73. The molecule has 7 heteroatoms. The summed E-state index contributed by atoms with van der Waals surface area (Å²) in [5.41, 5.74) is 4.83. The van der Waals surface area contributed by atoms with Crippen LogP contribution in [0, 0.1) is 5.41 Å². The Balaban J connectivity index is 1.77. The van der Waals surface area contributed by atoms with E-state index in [4.69, 9.17) is 10.9 Å². The average Bonchev–Trinajstić information content (AvgIpc) is 2.86. The maximum Gasteiger partial charge on any atom is 0.233 e. The summed E-state index contributed by atoms with van der Waals surface area (Å²) in [4.78, 5) is 19.2. The van der Waals surface area contributed by atoms with Crippen LogP contribution in [0.1, 0.15) is 31.5 Å². The fourth-order valence-electron chi connectivity index (χ4n) is 2.29. The Morgan fingerprint density at radius 3 is 2.95 bits per heavy atom. The molecule has 2 rings (SSSR count). The molecule has 19 heavy (non-hydrogen) atoms. The van der Waals surface area contributed by atoms with Gasteiger partial charge in [-0.2, -0.15) is 0 Å². The van der Waals surface area contributed by atoms with E-state index in [0.29, 0.717) is 19.4 Å². The normalized spacial score (nSPS) is 17.8. The minimum Gasteiger partial charge on any atom is -0.409 e. The van der Waals surface area contributed by atoms with Crippen molar-refractivity contribution < 1.29 is 10.0 Å². The van der Waals surface area contributed by atoms with Crippen LogP contribution in [0.5, 0.6) is 0 Å². The van der Waals surface area contributed by atoms with Gasteiger partial charge < -0.3 is 21.2 Å². The minimum atomic E-state index is -0.792. The summed E-state index contributed by atoms with van der Waals surface area (Å²) < 4.78 is 0. The number of hydrogen-bond acceptors (Lipinski definition) is 4. The summed E-state index contributed by atoms with van der Waals surface area (Å²) in [6.07, 6.45) is 7.27. The number of aromatic nitrogens is 2. The number of aromatic amines is 1. The van der Waals surface area contributed by atoms with Crippen LogP contribution in [0.2, 0.25) is 0 Å². The predicted octanol–water partition coefficient (Wildman–Crippen LogP) is 0.375. The van der Waals surface area contributed by atoms with Gasteiger partial charge in [-0.05, 0) is 19.3 Å². The molecule has 1 aromatic heterocycles. The predicted molar refractivity (Wildman–Crippen MR) is 69.6 cm³/mol. The van der Waals surface area contributed by atoms with E-state index >= 15 is 0 Å². The number of H-pyrrole nitrogens is 1. The maximum atomic E-state index is 12.1. The number of carbonyl (C=O) groups excluding carboxylic acids is 1. The third-order valence-corrected chi connectivity index (χ3v) is 3.67. The van der Waals surface area contributed by atoms with E-state index in [1.807, 2.05) is 0 Å². The molecular weight excluding hydrogens is 246 g/mol. The van der Waals surface area contributed by atoms with Gasteiger partial charge in [0.05, 0.1) is 0 Å². The van der Waals surface area contributed by atoms with Gasteiger partial charge in [0.2, 0.25) is 5.91 Å². The number of oxime groups is 1. The first kappa shape index (κ1) is 13.4. The van der Waals surface area contributed by atoms with Crippen LogP contribution in [0.4, 0.5) is 0 Å². The number of amidine groups is 1. The second-order valence-corrected chi connectivity index (χ2v) is 4.82. The topological polar surface area (TPSA) is 116 Å². The summed E-state index contributed by atoms with van der Waals surface area (Å²) in [5.74, 6) is 0.778. The van der Waals surface area contributed by atoms with Crippen molar-refractivity contribution >= 4 is 11.7 Å². The van der Waals surface area contributed by atoms with E-state index in [-0.39, 0.29) is 11.7 Å². The number of aryl methyl sites for hydroxylation is 1. The van der Waals surface area contributed by atoms with Crippen LogP contribution in [-0.4, -0.2) is 33.5 Å². The first-order valence-corrected chi connectivity index (χ1v) is 6.43. The van der Waals surface area contributed by atoms with Crippen LogP contribution >= 0.6 is 0 Å². The van der Waals surface area contributed by atoms with Crippen molar-refractivity contribution in [1.29, 1.82) is 0 Å². The van der Waals surface area contributed by atoms with Crippen LogP contribution in [0.15, 0.2) is 17.5 Å². The van der Waals surface area contributed by atoms with Crippen molar-refractivity contribution in [2.24, 2.45) is 16.3 Å². The first-order valence-electron chi connectivity index (χ1n) is 6.43. The largest absolute Gasteiger partial charge is 0.409 e. The highest BCUT2D eigenvalue weighted by molar-refractivity contribution is 6.07. The van der Waals surface area contributed by atoms with Gasteiger partial charge in [-0.3, -0.25) is 4.79 Å². The highest BCUT2D eigenvalue weighted by atomic mass is 16.4. The number of imidazole rings is 1. The Bertz CT molecular complexity index is 451. The zero-order chi connectivity index (χ0) is 13.7. The quantitative estimate of drug-likeness (QED) is 0.195. The summed E-state index contributed by atoms with van der Waals surface area (Å²) in [6, 6.07) is 0. The fourth-order valence-corrected chi connectivity index (χ4v) is 2.29. The minimum absolute atomic E-state index is 0.0160. The highest BCUT2D eigenvalue weighted by Gasteiger charge is 2.48. The molecule has 0 spiro atoms. The Kier molecular flexibility index (Phi) is 4.03. The van der Waals surface area contributed by atoms with Gasteiger partial charge in [0.25, 0.3) is 0 Å². The van der Waals surface area contributed by atoms with Crippen molar-refractivity contribution in [2.45, 2.75) is 32.1 Å². The van der Waals surface area contributed by atoms with Crippen LogP contribution < -0.4 is 11.1 Å². The molecule has 0 saturated heterocycles.